The number of aryl methyl sites for hydroxylation is 1. The largest absolute Gasteiger partial charge is 0.352 e. The minimum absolute atomic E-state index is 0.149. The van der Waals surface area contributed by atoms with E-state index in [9.17, 15) is 9.59 Å². The van der Waals surface area contributed by atoms with Crippen LogP contribution in [0.1, 0.15) is 29.6 Å². The fourth-order valence-electron chi connectivity index (χ4n) is 1.73. The van der Waals surface area contributed by atoms with Gasteiger partial charge < -0.3 is 9.88 Å². The second-order valence-corrected chi connectivity index (χ2v) is 4.37. The first kappa shape index (κ1) is 10.9. The molecule has 0 atom stereocenters. The van der Waals surface area contributed by atoms with Crippen molar-refractivity contribution in [2.45, 2.75) is 19.3 Å². The summed E-state index contributed by atoms with van der Waals surface area (Å²) in [6.45, 7) is 0.730. The molecule has 1 amide bonds. The Kier molecular flexibility index (Phi) is 3.08. The number of pyridine rings is 1. The topological polar surface area (TPSA) is 51.1 Å². The maximum Gasteiger partial charge on any atom is 0.251 e. The quantitative estimate of drug-likeness (QED) is 0.823. The van der Waals surface area contributed by atoms with Gasteiger partial charge in [-0.3, -0.25) is 9.59 Å². The number of hydrogen-bond acceptors (Lipinski definition) is 2. The molecule has 0 radical (unpaired) electrons. The van der Waals surface area contributed by atoms with E-state index in [2.05, 4.69) is 5.32 Å². The van der Waals surface area contributed by atoms with E-state index < -0.39 is 0 Å². The number of aromatic nitrogens is 1. The van der Waals surface area contributed by atoms with E-state index in [1.165, 1.54) is 29.9 Å². The van der Waals surface area contributed by atoms with Gasteiger partial charge in [0.1, 0.15) is 0 Å². The zero-order chi connectivity index (χ0) is 11.5. The van der Waals surface area contributed by atoms with Crippen LogP contribution in [-0.4, -0.2) is 17.0 Å². The summed E-state index contributed by atoms with van der Waals surface area (Å²) in [5.74, 6) is 0.486. The molecular weight excluding hydrogens is 204 g/mol. The van der Waals surface area contributed by atoms with E-state index in [1.807, 2.05) is 0 Å². The Hall–Kier alpha value is -1.58. The molecule has 1 N–H and O–H groups in total. The number of rotatable bonds is 3. The van der Waals surface area contributed by atoms with E-state index in [-0.39, 0.29) is 11.5 Å². The van der Waals surface area contributed by atoms with Crippen LogP contribution >= 0.6 is 0 Å². The third-order valence-corrected chi connectivity index (χ3v) is 3.14. The van der Waals surface area contributed by atoms with Gasteiger partial charge in [0.05, 0.1) is 0 Å². The fourth-order valence-corrected chi connectivity index (χ4v) is 1.73. The van der Waals surface area contributed by atoms with E-state index in [4.69, 9.17) is 0 Å². The number of amides is 1. The zero-order valence-corrected chi connectivity index (χ0v) is 9.40. The highest BCUT2D eigenvalue weighted by molar-refractivity contribution is 5.93. The maximum absolute atomic E-state index is 11.7. The number of nitrogens with one attached hydrogen (secondary N) is 1. The normalized spacial score (nSPS) is 15.6. The molecular formula is C12H16N2O2. The van der Waals surface area contributed by atoms with Crippen molar-refractivity contribution in [1.29, 1.82) is 0 Å². The van der Waals surface area contributed by atoms with Gasteiger partial charge in [0.15, 0.2) is 0 Å². The van der Waals surface area contributed by atoms with Gasteiger partial charge in [0, 0.05) is 31.4 Å². The van der Waals surface area contributed by atoms with Crippen molar-refractivity contribution in [3.05, 3.63) is 34.2 Å². The van der Waals surface area contributed by atoms with Crippen molar-refractivity contribution >= 4 is 5.91 Å². The lowest BCUT2D eigenvalue weighted by atomic mass is 9.85. The van der Waals surface area contributed by atoms with E-state index in [0.717, 1.165) is 6.54 Å². The molecule has 1 aliphatic rings. The Balaban J connectivity index is 1.97. The standard InChI is InChI=1S/C12H16N2O2/c1-14-6-5-10(7-11(14)15)12(16)13-8-9-3-2-4-9/h5-7,9H,2-4,8H2,1H3,(H,13,16). The smallest absolute Gasteiger partial charge is 0.251 e. The van der Waals surface area contributed by atoms with E-state index >= 15 is 0 Å². The highest BCUT2D eigenvalue weighted by Crippen LogP contribution is 2.25. The Morgan fingerprint density at radius 2 is 2.31 bits per heavy atom. The first-order valence-corrected chi connectivity index (χ1v) is 5.61. The SMILES string of the molecule is Cn1ccc(C(=O)NCC2CCC2)cc1=O. The second kappa shape index (κ2) is 4.51. The lowest BCUT2D eigenvalue weighted by Crippen LogP contribution is -2.33. The monoisotopic (exact) mass is 220 g/mol. The predicted octanol–water partition coefficient (Wildman–Crippen LogP) is 0.915. The summed E-state index contributed by atoms with van der Waals surface area (Å²) in [6.07, 6.45) is 5.29. The van der Waals surface area contributed by atoms with E-state index in [1.54, 1.807) is 19.3 Å². The van der Waals surface area contributed by atoms with Gasteiger partial charge in [0.25, 0.3) is 11.5 Å². The van der Waals surface area contributed by atoms with Gasteiger partial charge in [0.2, 0.25) is 0 Å². The van der Waals surface area contributed by atoms with Gasteiger partial charge in [-0.25, -0.2) is 0 Å². The Labute approximate surface area is 94.3 Å². The van der Waals surface area contributed by atoms with Crippen molar-refractivity contribution in [2.75, 3.05) is 6.54 Å². The van der Waals surface area contributed by atoms with Crippen molar-refractivity contribution < 1.29 is 4.79 Å². The highest BCUT2D eigenvalue weighted by atomic mass is 16.2. The van der Waals surface area contributed by atoms with Gasteiger partial charge in [-0.1, -0.05) is 6.42 Å². The van der Waals surface area contributed by atoms with Crippen molar-refractivity contribution in [3.8, 4) is 0 Å². The summed E-state index contributed by atoms with van der Waals surface area (Å²) in [5, 5.41) is 2.86. The first-order valence-electron chi connectivity index (χ1n) is 5.61. The fraction of sp³-hybridized carbons (Fsp3) is 0.500. The van der Waals surface area contributed by atoms with Crippen LogP contribution in [0.3, 0.4) is 0 Å². The number of carbonyl (C=O) groups is 1. The summed E-state index contributed by atoms with van der Waals surface area (Å²) in [4.78, 5) is 23.0. The molecule has 4 nitrogen and oxygen atoms in total. The second-order valence-electron chi connectivity index (χ2n) is 4.37. The summed E-state index contributed by atoms with van der Waals surface area (Å²) >= 11 is 0. The van der Waals surface area contributed by atoms with Gasteiger partial charge in [-0.05, 0) is 24.8 Å². The molecule has 1 aromatic heterocycles. The molecule has 0 unspecified atom stereocenters. The summed E-state index contributed by atoms with van der Waals surface area (Å²) in [6, 6.07) is 3.04. The molecule has 0 bridgehead atoms. The molecule has 1 saturated carbocycles. The third kappa shape index (κ3) is 2.32. The highest BCUT2D eigenvalue weighted by Gasteiger charge is 2.18. The summed E-state index contributed by atoms with van der Waals surface area (Å²) in [5.41, 5.74) is 0.290. The Bertz CT molecular complexity index is 447. The lowest BCUT2D eigenvalue weighted by molar-refractivity contribution is 0.0939. The molecule has 1 aliphatic carbocycles. The van der Waals surface area contributed by atoms with Crippen LogP contribution in [0.15, 0.2) is 23.1 Å². The summed E-state index contributed by atoms with van der Waals surface area (Å²) < 4.78 is 1.45. The van der Waals surface area contributed by atoms with Crippen LogP contribution in [0.25, 0.3) is 0 Å². The van der Waals surface area contributed by atoms with Crippen LogP contribution < -0.4 is 10.9 Å². The van der Waals surface area contributed by atoms with Crippen molar-refractivity contribution in [3.63, 3.8) is 0 Å². The maximum atomic E-state index is 11.7. The molecule has 1 heterocycles. The summed E-state index contributed by atoms with van der Waals surface area (Å²) in [7, 11) is 1.67. The van der Waals surface area contributed by atoms with Gasteiger partial charge in [-0.2, -0.15) is 0 Å². The van der Waals surface area contributed by atoms with Crippen LogP contribution in [0, 0.1) is 5.92 Å². The lowest BCUT2D eigenvalue weighted by Gasteiger charge is -2.25. The molecule has 0 saturated heterocycles. The first-order chi connectivity index (χ1) is 7.66. The number of nitrogens with zero attached hydrogens (tertiary/aromatic N) is 1. The molecule has 4 heteroatoms. The average molecular weight is 220 g/mol. The van der Waals surface area contributed by atoms with Crippen LogP contribution in [0.4, 0.5) is 0 Å². The van der Waals surface area contributed by atoms with Crippen LogP contribution in [-0.2, 0) is 7.05 Å². The molecule has 0 spiro atoms. The van der Waals surface area contributed by atoms with Crippen LogP contribution in [0.2, 0.25) is 0 Å². The number of carbonyl (C=O) groups excluding carboxylic acids is 1. The van der Waals surface area contributed by atoms with Gasteiger partial charge >= 0.3 is 0 Å². The molecule has 86 valence electrons. The minimum Gasteiger partial charge on any atom is -0.352 e. The van der Waals surface area contributed by atoms with Crippen LogP contribution in [0.5, 0.6) is 0 Å². The molecule has 2 rings (SSSR count). The Morgan fingerprint density at radius 1 is 1.56 bits per heavy atom. The Morgan fingerprint density at radius 3 is 2.88 bits per heavy atom. The molecule has 1 fully saturated rings. The third-order valence-electron chi connectivity index (χ3n) is 3.14. The minimum atomic E-state index is -0.156. The molecule has 1 aromatic rings. The van der Waals surface area contributed by atoms with Gasteiger partial charge in [-0.15, -0.1) is 0 Å². The number of hydrogen-bond donors (Lipinski definition) is 1. The zero-order valence-electron chi connectivity index (χ0n) is 9.40. The molecule has 16 heavy (non-hydrogen) atoms. The van der Waals surface area contributed by atoms with Crippen molar-refractivity contribution in [2.24, 2.45) is 13.0 Å². The average Bonchev–Trinajstić information content (AvgIpc) is 2.19. The van der Waals surface area contributed by atoms with Crippen molar-refractivity contribution in [1.82, 2.24) is 9.88 Å². The molecule has 0 aromatic carbocycles. The van der Waals surface area contributed by atoms with E-state index in [0.29, 0.717) is 11.5 Å². The molecule has 0 aliphatic heterocycles. The predicted molar refractivity (Wildman–Crippen MR) is 61.4 cm³/mol.